The van der Waals surface area contributed by atoms with Crippen molar-refractivity contribution in [3.05, 3.63) is 77.9 Å². The predicted molar refractivity (Wildman–Crippen MR) is 90.8 cm³/mol. The number of para-hydroxylation sites is 1. The standard InChI is InChI=1S/C19H15N3O2/c1-13-10-16(15-6-2-3-7-17(15)20-13)19(23)24-12-14-11-22-9-5-4-8-18(22)21-14/h2-11H,12H2,1H3. The number of ether oxygens (including phenoxy) is 1. The summed E-state index contributed by atoms with van der Waals surface area (Å²) in [5, 5.41) is 0.795. The molecule has 5 nitrogen and oxygen atoms in total. The first-order valence-electron chi connectivity index (χ1n) is 7.67. The molecule has 24 heavy (non-hydrogen) atoms. The highest BCUT2D eigenvalue weighted by molar-refractivity contribution is 6.03. The maximum Gasteiger partial charge on any atom is 0.339 e. The van der Waals surface area contributed by atoms with E-state index in [1.165, 1.54) is 0 Å². The van der Waals surface area contributed by atoms with E-state index >= 15 is 0 Å². The smallest absolute Gasteiger partial charge is 0.339 e. The van der Waals surface area contributed by atoms with Crippen molar-refractivity contribution in [1.82, 2.24) is 14.4 Å². The monoisotopic (exact) mass is 317 g/mol. The van der Waals surface area contributed by atoms with Gasteiger partial charge in [0.1, 0.15) is 12.3 Å². The van der Waals surface area contributed by atoms with Crippen LogP contribution in [0.5, 0.6) is 0 Å². The van der Waals surface area contributed by atoms with Crippen molar-refractivity contribution >= 4 is 22.5 Å². The topological polar surface area (TPSA) is 56.5 Å². The molecule has 118 valence electrons. The van der Waals surface area contributed by atoms with E-state index in [-0.39, 0.29) is 12.6 Å². The number of hydrogen-bond donors (Lipinski definition) is 0. The number of nitrogens with zero attached hydrogens (tertiary/aromatic N) is 3. The van der Waals surface area contributed by atoms with E-state index < -0.39 is 0 Å². The van der Waals surface area contributed by atoms with Gasteiger partial charge >= 0.3 is 5.97 Å². The van der Waals surface area contributed by atoms with E-state index in [4.69, 9.17) is 4.74 Å². The van der Waals surface area contributed by atoms with Crippen molar-refractivity contribution in [2.45, 2.75) is 13.5 Å². The molecule has 0 aliphatic carbocycles. The molecular weight excluding hydrogens is 302 g/mol. The number of imidazole rings is 1. The lowest BCUT2D eigenvalue weighted by Crippen LogP contribution is -2.07. The number of aryl methyl sites for hydroxylation is 1. The summed E-state index contributed by atoms with van der Waals surface area (Å²) in [6.45, 7) is 2.00. The summed E-state index contributed by atoms with van der Waals surface area (Å²) in [5.74, 6) is -0.367. The average Bonchev–Trinajstić information content (AvgIpc) is 3.02. The molecule has 3 aromatic heterocycles. The van der Waals surface area contributed by atoms with Gasteiger partial charge in [-0.3, -0.25) is 4.98 Å². The molecule has 0 saturated carbocycles. The maximum absolute atomic E-state index is 12.5. The second-order valence-electron chi connectivity index (χ2n) is 5.60. The minimum absolute atomic E-state index is 0.135. The molecule has 0 saturated heterocycles. The fraction of sp³-hybridized carbons (Fsp3) is 0.105. The molecule has 0 fully saturated rings. The number of hydrogen-bond acceptors (Lipinski definition) is 4. The van der Waals surface area contributed by atoms with Crippen molar-refractivity contribution in [1.29, 1.82) is 0 Å². The number of rotatable bonds is 3. The highest BCUT2D eigenvalue weighted by atomic mass is 16.5. The van der Waals surface area contributed by atoms with E-state index in [1.54, 1.807) is 6.07 Å². The molecule has 0 aliphatic rings. The Kier molecular flexibility index (Phi) is 3.46. The molecule has 5 heteroatoms. The van der Waals surface area contributed by atoms with E-state index in [1.807, 2.05) is 66.2 Å². The quantitative estimate of drug-likeness (QED) is 0.542. The van der Waals surface area contributed by atoms with Crippen LogP contribution in [0.3, 0.4) is 0 Å². The summed E-state index contributed by atoms with van der Waals surface area (Å²) in [4.78, 5) is 21.4. The third-order valence-electron chi connectivity index (χ3n) is 3.83. The van der Waals surface area contributed by atoms with Gasteiger partial charge in [-0.25, -0.2) is 9.78 Å². The van der Waals surface area contributed by atoms with E-state index in [9.17, 15) is 4.79 Å². The van der Waals surface area contributed by atoms with Crippen molar-refractivity contribution in [3.8, 4) is 0 Å². The molecule has 4 aromatic rings. The van der Waals surface area contributed by atoms with Crippen LogP contribution >= 0.6 is 0 Å². The summed E-state index contributed by atoms with van der Waals surface area (Å²) >= 11 is 0. The van der Waals surface area contributed by atoms with Crippen LogP contribution in [0.1, 0.15) is 21.7 Å². The minimum atomic E-state index is -0.367. The molecule has 0 atom stereocenters. The average molecular weight is 317 g/mol. The second-order valence-corrected chi connectivity index (χ2v) is 5.60. The third-order valence-corrected chi connectivity index (χ3v) is 3.83. The number of carbonyl (C=O) groups excluding carboxylic acids is 1. The van der Waals surface area contributed by atoms with E-state index in [2.05, 4.69) is 9.97 Å². The predicted octanol–water partition coefficient (Wildman–Crippen LogP) is 3.55. The van der Waals surface area contributed by atoms with Crippen LogP contribution in [-0.4, -0.2) is 20.3 Å². The first-order chi connectivity index (χ1) is 11.7. The Labute approximate surface area is 138 Å². The van der Waals surface area contributed by atoms with Crippen LogP contribution in [0.2, 0.25) is 0 Å². The molecule has 4 rings (SSSR count). The number of benzene rings is 1. The van der Waals surface area contributed by atoms with Gasteiger partial charge < -0.3 is 9.14 Å². The van der Waals surface area contributed by atoms with Crippen molar-refractivity contribution in [3.63, 3.8) is 0 Å². The lowest BCUT2D eigenvalue weighted by molar-refractivity contribution is 0.0470. The van der Waals surface area contributed by atoms with Gasteiger partial charge in [-0.2, -0.15) is 0 Å². The van der Waals surface area contributed by atoms with Gasteiger partial charge in [0.05, 0.1) is 16.8 Å². The summed E-state index contributed by atoms with van der Waals surface area (Å²) in [5.41, 5.74) is 3.64. The van der Waals surface area contributed by atoms with Gasteiger partial charge in [-0.1, -0.05) is 24.3 Å². The normalized spacial score (nSPS) is 11.0. The van der Waals surface area contributed by atoms with Crippen molar-refractivity contribution < 1.29 is 9.53 Å². The summed E-state index contributed by atoms with van der Waals surface area (Å²) in [7, 11) is 0. The summed E-state index contributed by atoms with van der Waals surface area (Å²) in [6, 6.07) is 15.1. The molecule has 0 bridgehead atoms. The highest BCUT2D eigenvalue weighted by Crippen LogP contribution is 2.19. The summed E-state index contributed by atoms with van der Waals surface area (Å²) in [6.07, 6.45) is 3.77. The molecule has 0 amide bonds. The number of aromatic nitrogens is 3. The Hall–Kier alpha value is -3.21. The van der Waals surface area contributed by atoms with Crippen LogP contribution in [-0.2, 0) is 11.3 Å². The Bertz CT molecular complexity index is 1020. The van der Waals surface area contributed by atoms with Crippen LogP contribution < -0.4 is 0 Å². The zero-order valence-electron chi connectivity index (χ0n) is 13.1. The Balaban J connectivity index is 1.60. The van der Waals surface area contributed by atoms with E-state index in [0.29, 0.717) is 11.3 Å². The fourth-order valence-electron chi connectivity index (χ4n) is 2.75. The number of esters is 1. The minimum Gasteiger partial charge on any atom is -0.455 e. The van der Waals surface area contributed by atoms with Crippen molar-refractivity contribution in [2.75, 3.05) is 0 Å². The van der Waals surface area contributed by atoms with Crippen LogP contribution in [0, 0.1) is 6.92 Å². The van der Waals surface area contributed by atoms with Gasteiger partial charge in [0.15, 0.2) is 0 Å². The number of pyridine rings is 2. The first kappa shape index (κ1) is 14.4. The maximum atomic E-state index is 12.5. The molecule has 1 aromatic carbocycles. The molecule has 0 spiro atoms. The third kappa shape index (κ3) is 2.60. The van der Waals surface area contributed by atoms with Gasteiger partial charge in [0, 0.05) is 23.5 Å². The summed E-state index contributed by atoms with van der Waals surface area (Å²) < 4.78 is 7.36. The van der Waals surface area contributed by atoms with Gasteiger partial charge in [0.25, 0.3) is 0 Å². The second kappa shape index (κ2) is 5.77. The SMILES string of the molecule is Cc1cc(C(=O)OCc2cn3ccccc3n2)c2ccccc2n1. The Morgan fingerprint density at radius 3 is 2.83 bits per heavy atom. The molecule has 0 unspecified atom stereocenters. The molecule has 0 N–H and O–H groups in total. The van der Waals surface area contributed by atoms with Gasteiger partial charge in [0.2, 0.25) is 0 Å². The van der Waals surface area contributed by atoms with E-state index in [0.717, 1.165) is 22.2 Å². The van der Waals surface area contributed by atoms with Gasteiger partial charge in [-0.15, -0.1) is 0 Å². The van der Waals surface area contributed by atoms with Crippen LogP contribution in [0.25, 0.3) is 16.6 Å². The van der Waals surface area contributed by atoms with Crippen LogP contribution in [0.15, 0.2) is 60.9 Å². The van der Waals surface area contributed by atoms with Crippen molar-refractivity contribution in [2.24, 2.45) is 0 Å². The first-order valence-corrected chi connectivity index (χ1v) is 7.67. The Morgan fingerprint density at radius 1 is 1.12 bits per heavy atom. The number of fused-ring (bicyclic) bond motifs is 2. The van der Waals surface area contributed by atoms with Gasteiger partial charge in [-0.05, 0) is 31.2 Å². The molecule has 0 aliphatic heterocycles. The largest absolute Gasteiger partial charge is 0.455 e. The zero-order valence-corrected chi connectivity index (χ0v) is 13.1. The molecule has 3 heterocycles. The fourth-order valence-corrected chi connectivity index (χ4v) is 2.75. The van der Waals surface area contributed by atoms with Crippen LogP contribution in [0.4, 0.5) is 0 Å². The lowest BCUT2D eigenvalue weighted by Gasteiger charge is -2.07. The zero-order chi connectivity index (χ0) is 16.5. The highest BCUT2D eigenvalue weighted by Gasteiger charge is 2.14. The Morgan fingerprint density at radius 2 is 1.96 bits per heavy atom. The molecule has 0 radical (unpaired) electrons. The lowest BCUT2D eigenvalue weighted by atomic mass is 10.1. The molecular formula is C19H15N3O2. The number of carbonyl (C=O) groups is 1.